The Bertz CT molecular complexity index is 1170. The van der Waals surface area contributed by atoms with E-state index in [0.29, 0.717) is 40.2 Å². The number of hydrogen-bond acceptors (Lipinski definition) is 7. The first kappa shape index (κ1) is 22.8. The number of aliphatic hydroxyl groups is 2. The van der Waals surface area contributed by atoms with Crippen LogP contribution in [0.3, 0.4) is 0 Å². The third-order valence-electron chi connectivity index (χ3n) is 6.95. The largest absolute Gasteiger partial charge is 0.396 e. The van der Waals surface area contributed by atoms with Crippen LogP contribution in [0, 0.1) is 11.8 Å². The van der Waals surface area contributed by atoms with Gasteiger partial charge in [-0.25, -0.2) is 9.50 Å². The number of carbonyl (C=O) groups excluding carboxylic acids is 1. The summed E-state index contributed by atoms with van der Waals surface area (Å²) < 4.78 is 3.43. The van der Waals surface area contributed by atoms with Gasteiger partial charge in [0.05, 0.1) is 17.8 Å². The number of aliphatic hydroxyl groups excluding tert-OH is 1. The standard InChI is InChI=1S/C24H33N7O3/c1-24(2,34)19-13-31(17-7-5-16(14-32)6-8-17)29-21(19)28-23(33)18-12-26-30-10-9-20(27-22(18)30)25-11-15-3-4-15/h9-10,12-13,15-17,32,34H,3-8,11,14H2,1-2H3,(H,25,27)(H,28,29,33). The van der Waals surface area contributed by atoms with Crippen LogP contribution < -0.4 is 10.6 Å². The van der Waals surface area contributed by atoms with Gasteiger partial charge in [0.2, 0.25) is 0 Å². The molecule has 0 aliphatic heterocycles. The molecule has 3 aromatic rings. The Balaban J connectivity index is 1.37. The lowest BCUT2D eigenvalue weighted by Gasteiger charge is -2.27. The average Bonchev–Trinajstić information content (AvgIpc) is 3.39. The maximum Gasteiger partial charge on any atom is 0.262 e. The van der Waals surface area contributed by atoms with Crippen LogP contribution in [0.2, 0.25) is 0 Å². The Morgan fingerprint density at radius 2 is 1.91 bits per heavy atom. The fourth-order valence-electron chi connectivity index (χ4n) is 4.58. The lowest BCUT2D eigenvalue weighted by molar-refractivity contribution is 0.0789. The number of carbonyl (C=O) groups is 1. The van der Waals surface area contributed by atoms with Gasteiger partial charge in [-0.3, -0.25) is 9.48 Å². The van der Waals surface area contributed by atoms with Crippen LogP contribution in [0.5, 0.6) is 0 Å². The lowest BCUT2D eigenvalue weighted by Crippen LogP contribution is -2.21. The van der Waals surface area contributed by atoms with Crippen LogP contribution >= 0.6 is 0 Å². The lowest BCUT2D eigenvalue weighted by atomic mass is 9.86. The Morgan fingerprint density at radius 3 is 2.59 bits per heavy atom. The van der Waals surface area contributed by atoms with Crippen molar-refractivity contribution in [2.45, 2.75) is 64.0 Å². The van der Waals surface area contributed by atoms with Gasteiger partial charge in [0.25, 0.3) is 5.91 Å². The van der Waals surface area contributed by atoms with Crippen molar-refractivity contribution in [1.29, 1.82) is 0 Å². The minimum atomic E-state index is -1.18. The maximum absolute atomic E-state index is 13.2. The molecule has 0 atom stereocenters. The molecule has 1 amide bonds. The van der Waals surface area contributed by atoms with Gasteiger partial charge in [0.1, 0.15) is 11.4 Å². The molecule has 3 aromatic heterocycles. The number of nitrogens with one attached hydrogen (secondary N) is 2. The van der Waals surface area contributed by atoms with Crippen LogP contribution in [0.15, 0.2) is 24.7 Å². The molecule has 0 unspecified atom stereocenters. The number of hydrogen-bond donors (Lipinski definition) is 4. The summed E-state index contributed by atoms with van der Waals surface area (Å²) in [5, 5.41) is 35.3. The topological polar surface area (TPSA) is 130 Å². The summed E-state index contributed by atoms with van der Waals surface area (Å²) in [6.07, 6.45) is 11.3. The Labute approximate surface area is 198 Å². The maximum atomic E-state index is 13.2. The molecular weight excluding hydrogens is 434 g/mol. The van der Waals surface area contributed by atoms with E-state index in [0.717, 1.165) is 32.2 Å². The molecule has 2 saturated carbocycles. The highest BCUT2D eigenvalue weighted by Gasteiger charge is 2.29. The Kier molecular flexibility index (Phi) is 6.03. The van der Waals surface area contributed by atoms with Gasteiger partial charge in [0, 0.05) is 31.1 Å². The second-order valence-corrected chi connectivity index (χ2v) is 10.2. The first-order chi connectivity index (χ1) is 16.3. The van der Waals surface area contributed by atoms with Gasteiger partial charge in [0.15, 0.2) is 11.5 Å². The van der Waals surface area contributed by atoms with E-state index in [2.05, 4.69) is 25.8 Å². The fraction of sp³-hybridized carbons (Fsp3) is 0.583. The summed E-state index contributed by atoms with van der Waals surface area (Å²) in [4.78, 5) is 17.8. The molecule has 5 rings (SSSR count). The quantitative estimate of drug-likeness (QED) is 0.401. The highest BCUT2D eigenvalue weighted by molar-refractivity contribution is 6.08. The van der Waals surface area contributed by atoms with Gasteiger partial charge in [-0.15, -0.1) is 0 Å². The fourth-order valence-corrected chi connectivity index (χ4v) is 4.58. The minimum absolute atomic E-state index is 0.174. The van der Waals surface area contributed by atoms with Crippen molar-refractivity contribution >= 4 is 23.2 Å². The number of fused-ring (bicyclic) bond motifs is 1. The molecule has 10 heteroatoms. The normalized spacial score (nSPS) is 21.1. The Morgan fingerprint density at radius 1 is 1.18 bits per heavy atom. The van der Waals surface area contributed by atoms with E-state index in [1.54, 1.807) is 24.6 Å². The third-order valence-corrected chi connectivity index (χ3v) is 6.95. The second-order valence-electron chi connectivity index (χ2n) is 10.2. The first-order valence-corrected chi connectivity index (χ1v) is 12.1. The van der Waals surface area contributed by atoms with Crippen LogP contribution in [-0.2, 0) is 5.60 Å². The van der Waals surface area contributed by atoms with Crippen molar-refractivity contribution in [3.8, 4) is 0 Å². The van der Waals surface area contributed by atoms with Crippen molar-refractivity contribution in [3.63, 3.8) is 0 Å². The van der Waals surface area contributed by atoms with Crippen LogP contribution in [0.25, 0.3) is 5.65 Å². The van der Waals surface area contributed by atoms with Crippen molar-refractivity contribution in [2.75, 3.05) is 23.8 Å². The van der Waals surface area contributed by atoms with Gasteiger partial charge < -0.3 is 20.8 Å². The van der Waals surface area contributed by atoms with E-state index in [4.69, 9.17) is 0 Å². The highest BCUT2D eigenvalue weighted by Crippen LogP contribution is 2.35. The van der Waals surface area contributed by atoms with Gasteiger partial charge in [-0.05, 0) is 70.3 Å². The number of aromatic nitrogens is 5. The average molecular weight is 468 g/mol. The molecular formula is C24H33N7O3. The zero-order valence-corrected chi connectivity index (χ0v) is 19.7. The van der Waals surface area contributed by atoms with Crippen molar-refractivity contribution < 1.29 is 15.0 Å². The van der Waals surface area contributed by atoms with E-state index in [1.807, 2.05) is 16.9 Å². The summed E-state index contributed by atoms with van der Waals surface area (Å²) in [7, 11) is 0. The summed E-state index contributed by atoms with van der Waals surface area (Å²) in [6, 6.07) is 2.03. The van der Waals surface area contributed by atoms with Gasteiger partial charge in [-0.1, -0.05) is 0 Å². The van der Waals surface area contributed by atoms with Gasteiger partial charge in [-0.2, -0.15) is 10.2 Å². The summed E-state index contributed by atoms with van der Waals surface area (Å²) in [5.41, 5.74) is 0.184. The van der Waals surface area contributed by atoms with Crippen LogP contribution in [0.4, 0.5) is 11.6 Å². The molecule has 2 aliphatic carbocycles. The summed E-state index contributed by atoms with van der Waals surface area (Å²) in [5.74, 6) is 1.73. The molecule has 4 N–H and O–H groups in total. The number of rotatable bonds is 8. The predicted molar refractivity (Wildman–Crippen MR) is 128 cm³/mol. The smallest absolute Gasteiger partial charge is 0.262 e. The van der Waals surface area contributed by atoms with Crippen molar-refractivity contribution in [3.05, 3.63) is 35.8 Å². The third kappa shape index (κ3) is 4.78. The van der Waals surface area contributed by atoms with E-state index in [-0.39, 0.29) is 18.6 Å². The number of nitrogens with zero attached hydrogens (tertiary/aromatic N) is 5. The molecule has 34 heavy (non-hydrogen) atoms. The van der Waals surface area contributed by atoms with Crippen LogP contribution in [-0.4, -0.2) is 53.7 Å². The van der Waals surface area contributed by atoms with Crippen molar-refractivity contribution in [1.82, 2.24) is 24.4 Å². The highest BCUT2D eigenvalue weighted by atomic mass is 16.3. The molecule has 0 bridgehead atoms. The monoisotopic (exact) mass is 467 g/mol. The first-order valence-electron chi connectivity index (χ1n) is 12.1. The molecule has 10 nitrogen and oxygen atoms in total. The molecule has 0 aromatic carbocycles. The molecule has 182 valence electrons. The zero-order valence-electron chi connectivity index (χ0n) is 19.7. The van der Waals surface area contributed by atoms with E-state index in [1.165, 1.54) is 19.0 Å². The van der Waals surface area contributed by atoms with E-state index < -0.39 is 5.60 Å². The van der Waals surface area contributed by atoms with Gasteiger partial charge >= 0.3 is 0 Å². The predicted octanol–water partition coefficient (Wildman–Crippen LogP) is 2.95. The Hall–Kier alpha value is -2.98. The zero-order chi connectivity index (χ0) is 23.9. The summed E-state index contributed by atoms with van der Waals surface area (Å²) in [6.45, 7) is 4.46. The van der Waals surface area contributed by atoms with Crippen molar-refractivity contribution in [2.24, 2.45) is 11.8 Å². The number of amides is 1. The number of anilines is 2. The second kappa shape index (κ2) is 8.99. The molecule has 0 radical (unpaired) electrons. The molecule has 0 spiro atoms. The molecule has 2 aliphatic rings. The molecule has 3 heterocycles. The molecule has 2 fully saturated rings. The van der Waals surface area contributed by atoms with E-state index >= 15 is 0 Å². The van der Waals surface area contributed by atoms with Crippen LogP contribution in [0.1, 0.15) is 74.3 Å². The SMILES string of the molecule is CC(C)(O)c1cn(C2CCC(CO)CC2)nc1NC(=O)c1cnn2ccc(NCC3CC3)nc12. The molecule has 0 saturated heterocycles. The van der Waals surface area contributed by atoms with E-state index in [9.17, 15) is 15.0 Å². The summed E-state index contributed by atoms with van der Waals surface area (Å²) >= 11 is 0. The minimum Gasteiger partial charge on any atom is -0.396 e.